The van der Waals surface area contributed by atoms with Crippen LogP contribution < -0.4 is 38.9 Å². The van der Waals surface area contributed by atoms with Crippen LogP contribution in [0.15, 0.2) is 35.5 Å². The van der Waals surface area contributed by atoms with Crippen molar-refractivity contribution < 1.29 is 34.2 Å². The minimum atomic E-state index is -1.68. The smallest absolute Gasteiger partial charge is 0.326 e. The number of aliphatic hydroxyl groups is 1. The van der Waals surface area contributed by atoms with Crippen LogP contribution in [0.1, 0.15) is 31.7 Å². The molecule has 0 spiro atoms. The first-order valence-electron chi connectivity index (χ1n) is 12.8. The predicted molar refractivity (Wildman–Crippen MR) is 149 cm³/mol. The first kappa shape index (κ1) is 32.5. The largest absolute Gasteiger partial charge is 0.480 e. The van der Waals surface area contributed by atoms with Crippen LogP contribution >= 0.6 is 0 Å². The highest BCUT2D eigenvalue weighted by Crippen LogP contribution is 2.19. The number of carboxylic acid groups (broad SMARTS) is 1. The highest BCUT2D eigenvalue weighted by molar-refractivity contribution is 5.95. The molecule has 16 heteroatoms. The summed E-state index contributed by atoms with van der Waals surface area (Å²) in [5.74, 6) is -5.27. The van der Waals surface area contributed by atoms with Crippen LogP contribution in [0.5, 0.6) is 0 Å². The molecule has 2 rings (SSSR count). The van der Waals surface area contributed by atoms with E-state index in [1.54, 1.807) is 6.20 Å². The SMILES string of the molecule is CC(O)C(NC(=O)C(CCCN=C(N)N)NC(=O)C(N)Cc1c[nH]c2ccccc12)C(=O)NC(CC(N)=O)C(=O)O. The average Bonchev–Trinajstić information content (AvgIpc) is 3.30. The van der Waals surface area contributed by atoms with Crippen molar-refractivity contribution in [1.29, 1.82) is 0 Å². The number of benzene rings is 1. The molecule has 1 aromatic carbocycles. The molecule has 0 fully saturated rings. The van der Waals surface area contributed by atoms with Gasteiger partial charge in [-0.05, 0) is 37.8 Å². The number of nitrogens with one attached hydrogen (secondary N) is 4. The number of nitrogens with zero attached hydrogens (tertiary/aromatic N) is 1. The van der Waals surface area contributed by atoms with E-state index in [-0.39, 0.29) is 31.8 Å². The summed E-state index contributed by atoms with van der Waals surface area (Å²) in [6.45, 7) is 1.33. The van der Waals surface area contributed by atoms with E-state index < -0.39 is 66.3 Å². The molecule has 41 heavy (non-hydrogen) atoms. The number of aliphatic hydroxyl groups excluding tert-OH is 1. The number of amides is 4. The molecule has 0 aliphatic rings. The topological polar surface area (TPSA) is 294 Å². The van der Waals surface area contributed by atoms with Crippen LogP contribution in [0.3, 0.4) is 0 Å². The number of guanidine groups is 1. The molecule has 0 aliphatic carbocycles. The van der Waals surface area contributed by atoms with Crippen LogP contribution in [0, 0.1) is 0 Å². The number of carbonyl (C=O) groups is 5. The number of aliphatic carboxylic acids is 1. The molecule has 0 saturated carbocycles. The Morgan fingerprint density at radius 3 is 2.24 bits per heavy atom. The fourth-order valence-corrected chi connectivity index (χ4v) is 4.00. The zero-order chi connectivity index (χ0) is 30.7. The second kappa shape index (κ2) is 15.2. The fraction of sp³-hybridized carbons (Fsp3) is 0.440. The van der Waals surface area contributed by atoms with E-state index in [0.29, 0.717) is 0 Å². The van der Waals surface area contributed by atoms with E-state index in [1.807, 2.05) is 24.3 Å². The normalized spacial score (nSPS) is 14.6. The first-order chi connectivity index (χ1) is 19.3. The van der Waals surface area contributed by atoms with Gasteiger partial charge in [-0.2, -0.15) is 0 Å². The number of para-hydroxylation sites is 1. The van der Waals surface area contributed by atoms with Crippen molar-refractivity contribution in [2.45, 2.75) is 62.9 Å². The number of primary amides is 1. The summed E-state index contributed by atoms with van der Waals surface area (Å²) in [7, 11) is 0. The average molecular weight is 576 g/mol. The zero-order valence-corrected chi connectivity index (χ0v) is 22.5. The predicted octanol–water partition coefficient (Wildman–Crippen LogP) is -3.11. The third-order valence-electron chi connectivity index (χ3n) is 6.11. The Kier molecular flexibility index (Phi) is 12.0. The number of H-pyrrole nitrogens is 1. The highest BCUT2D eigenvalue weighted by atomic mass is 16.4. The number of hydrogen-bond donors (Lipinski definition) is 10. The van der Waals surface area contributed by atoms with E-state index >= 15 is 0 Å². The molecule has 4 amide bonds. The third kappa shape index (κ3) is 10.1. The molecule has 0 bridgehead atoms. The second-order valence-corrected chi connectivity index (χ2v) is 9.48. The van der Waals surface area contributed by atoms with Gasteiger partial charge in [-0.1, -0.05) is 18.2 Å². The summed E-state index contributed by atoms with van der Waals surface area (Å²) in [5, 5.41) is 27.3. The maximum absolute atomic E-state index is 13.2. The number of aromatic nitrogens is 1. The number of carbonyl (C=O) groups excluding carboxylic acids is 4. The van der Waals surface area contributed by atoms with E-state index in [2.05, 4.69) is 25.9 Å². The lowest BCUT2D eigenvalue weighted by atomic mass is 10.0. The molecule has 16 nitrogen and oxygen atoms in total. The maximum atomic E-state index is 13.2. The number of rotatable bonds is 16. The van der Waals surface area contributed by atoms with Gasteiger partial charge in [0.2, 0.25) is 23.6 Å². The highest BCUT2D eigenvalue weighted by Gasteiger charge is 2.33. The summed E-state index contributed by atoms with van der Waals surface area (Å²) >= 11 is 0. The molecular weight excluding hydrogens is 538 g/mol. The van der Waals surface area contributed by atoms with Crippen molar-refractivity contribution in [1.82, 2.24) is 20.9 Å². The summed E-state index contributed by atoms with van der Waals surface area (Å²) in [4.78, 5) is 68.4. The number of fused-ring (bicyclic) bond motifs is 1. The molecule has 1 heterocycles. The van der Waals surface area contributed by atoms with Crippen molar-refractivity contribution in [2.24, 2.45) is 27.9 Å². The fourth-order valence-electron chi connectivity index (χ4n) is 4.00. The van der Waals surface area contributed by atoms with Crippen molar-refractivity contribution in [3.8, 4) is 0 Å². The minimum Gasteiger partial charge on any atom is -0.480 e. The number of nitrogens with two attached hydrogens (primary N) is 4. The summed E-state index contributed by atoms with van der Waals surface area (Å²) < 4.78 is 0. The van der Waals surface area contributed by atoms with E-state index in [9.17, 15) is 34.2 Å². The zero-order valence-electron chi connectivity index (χ0n) is 22.5. The Balaban J connectivity index is 2.16. The summed E-state index contributed by atoms with van der Waals surface area (Å²) in [6.07, 6.45) is -0.0108. The molecule has 224 valence electrons. The van der Waals surface area contributed by atoms with Gasteiger partial charge >= 0.3 is 5.97 Å². The molecule has 14 N–H and O–H groups in total. The van der Waals surface area contributed by atoms with Crippen molar-refractivity contribution in [2.75, 3.05) is 6.54 Å². The lowest BCUT2D eigenvalue weighted by Gasteiger charge is -2.26. The Morgan fingerprint density at radius 2 is 1.63 bits per heavy atom. The van der Waals surface area contributed by atoms with Gasteiger partial charge in [0.05, 0.1) is 18.6 Å². The van der Waals surface area contributed by atoms with Gasteiger partial charge in [-0.15, -0.1) is 0 Å². The van der Waals surface area contributed by atoms with E-state index in [4.69, 9.17) is 22.9 Å². The van der Waals surface area contributed by atoms with Gasteiger partial charge in [0.25, 0.3) is 0 Å². The number of carboxylic acids is 1. The Hall–Kier alpha value is -4.70. The Labute approximate surface area is 235 Å². The molecule has 5 unspecified atom stereocenters. The maximum Gasteiger partial charge on any atom is 0.326 e. The van der Waals surface area contributed by atoms with Gasteiger partial charge < -0.3 is 54.1 Å². The summed E-state index contributed by atoms with van der Waals surface area (Å²) in [6, 6.07) is 1.90. The first-order valence-corrected chi connectivity index (χ1v) is 12.8. The van der Waals surface area contributed by atoms with E-state index in [0.717, 1.165) is 16.5 Å². The quantitative estimate of drug-likeness (QED) is 0.0545. The molecule has 0 aliphatic heterocycles. The Bertz CT molecular complexity index is 1270. The number of hydrogen-bond acceptors (Lipinski definition) is 8. The van der Waals surface area contributed by atoms with Crippen LogP contribution in [-0.4, -0.2) is 87.6 Å². The van der Waals surface area contributed by atoms with Crippen LogP contribution in [0.25, 0.3) is 10.9 Å². The van der Waals surface area contributed by atoms with Crippen LogP contribution in [0.4, 0.5) is 0 Å². The molecule has 2 aromatic rings. The lowest BCUT2D eigenvalue weighted by Crippen LogP contribution is -2.60. The third-order valence-corrected chi connectivity index (χ3v) is 6.11. The lowest BCUT2D eigenvalue weighted by molar-refractivity contribution is -0.144. The molecule has 0 saturated heterocycles. The van der Waals surface area contributed by atoms with Crippen LogP contribution in [0.2, 0.25) is 0 Å². The van der Waals surface area contributed by atoms with Gasteiger partial charge in [0, 0.05) is 23.6 Å². The van der Waals surface area contributed by atoms with Gasteiger partial charge in [-0.25, -0.2) is 4.79 Å². The number of aliphatic imine (C=N–C) groups is 1. The molecular formula is C25H37N9O7. The minimum absolute atomic E-state index is 0.0295. The van der Waals surface area contributed by atoms with Crippen molar-refractivity contribution >= 4 is 46.5 Å². The van der Waals surface area contributed by atoms with Crippen molar-refractivity contribution in [3.63, 3.8) is 0 Å². The van der Waals surface area contributed by atoms with Crippen molar-refractivity contribution in [3.05, 3.63) is 36.0 Å². The standard InChI is InChI=1S/C25H37N9O7/c1-12(35)20(23(39)33-18(24(40)41)10-19(27)36)34-22(38)17(7-4-8-30-25(28)29)32-21(37)15(26)9-13-11-31-16-6-3-2-5-14(13)16/h2-3,5-6,11-12,15,17-18,20,31,35H,4,7-10,26H2,1H3,(H2,27,36)(H,32,37)(H,33,39)(H,34,38)(H,40,41)(H4,28,29,30). The molecule has 0 radical (unpaired) electrons. The number of aromatic amines is 1. The van der Waals surface area contributed by atoms with Gasteiger partial charge in [0.1, 0.15) is 18.1 Å². The summed E-state index contributed by atoms with van der Waals surface area (Å²) in [5.41, 5.74) is 23.5. The molecule has 5 atom stereocenters. The van der Waals surface area contributed by atoms with Crippen LogP contribution in [-0.2, 0) is 30.4 Å². The second-order valence-electron chi connectivity index (χ2n) is 9.48. The Morgan fingerprint density at radius 1 is 0.976 bits per heavy atom. The van der Waals surface area contributed by atoms with Gasteiger partial charge in [-0.3, -0.25) is 24.2 Å². The monoisotopic (exact) mass is 575 g/mol. The molecule has 1 aromatic heterocycles. The van der Waals surface area contributed by atoms with Gasteiger partial charge in [0.15, 0.2) is 5.96 Å². The van der Waals surface area contributed by atoms with E-state index in [1.165, 1.54) is 6.92 Å².